The molecule has 0 radical (unpaired) electrons. The van der Waals surface area contributed by atoms with Crippen molar-refractivity contribution < 1.29 is 9.63 Å². The van der Waals surface area contributed by atoms with Crippen molar-refractivity contribution >= 4 is 5.91 Å². The molecule has 1 aromatic rings. The molecule has 0 aromatic carbocycles. The first-order chi connectivity index (χ1) is 6.70. The van der Waals surface area contributed by atoms with Crippen LogP contribution in [0.25, 0.3) is 0 Å². The van der Waals surface area contributed by atoms with E-state index < -0.39 is 5.91 Å². The van der Waals surface area contributed by atoms with Gasteiger partial charge in [-0.1, -0.05) is 0 Å². The quantitative estimate of drug-likeness (QED) is 0.508. The van der Waals surface area contributed by atoms with Crippen LogP contribution in [-0.2, 0) is 16.2 Å². The molecular weight excluding hydrogens is 182 g/mol. The highest BCUT2D eigenvalue weighted by Gasteiger charge is 1.98. The van der Waals surface area contributed by atoms with E-state index in [0.717, 1.165) is 11.1 Å². The third-order valence-corrected chi connectivity index (χ3v) is 1.73. The fourth-order valence-electron chi connectivity index (χ4n) is 0.933. The maximum Gasteiger partial charge on any atom is 0.245 e. The lowest BCUT2D eigenvalue weighted by Crippen LogP contribution is -2.24. The van der Waals surface area contributed by atoms with Gasteiger partial charge in [-0.15, -0.1) is 0 Å². The van der Waals surface area contributed by atoms with E-state index in [1.807, 2.05) is 13.0 Å². The average molecular weight is 195 g/mol. The van der Waals surface area contributed by atoms with Crippen LogP contribution < -0.4 is 11.2 Å². The van der Waals surface area contributed by atoms with E-state index in [2.05, 4.69) is 10.5 Å². The van der Waals surface area contributed by atoms with Crippen LogP contribution in [0.2, 0.25) is 0 Å². The van der Waals surface area contributed by atoms with Crippen LogP contribution in [0.3, 0.4) is 0 Å². The molecule has 1 rings (SSSR count). The zero-order valence-corrected chi connectivity index (χ0v) is 7.99. The Bertz CT molecular complexity index is 315. The normalized spacial score (nSPS) is 10.1. The van der Waals surface area contributed by atoms with Gasteiger partial charge in [0, 0.05) is 18.9 Å². The van der Waals surface area contributed by atoms with Gasteiger partial charge >= 0.3 is 0 Å². The van der Waals surface area contributed by atoms with E-state index in [4.69, 9.17) is 10.6 Å². The first-order valence-electron chi connectivity index (χ1n) is 4.22. The third kappa shape index (κ3) is 3.51. The van der Waals surface area contributed by atoms with E-state index in [9.17, 15) is 4.79 Å². The van der Waals surface area contributed by atoms with Crippen molar-refractivity contribution in [3.8, 4) is 0 Å². The minimum absolute atomic E-state index is 0.126. The van der Waals surface area contributed by atoms with Crippen LogP contribution in [0.15, 0.2) is 18.5 Å². The van der Waals surface area contributed by atoms with Crippen molar-refractivity contribution in [2.75, 3.05) is 6.61 Å². The van der Waals surface area contributed by atoms with E-state index in [-0.39, 0.29) is 6.61 Å². The molecule has 0 atom stereocenters. The van der Waals surface area contributed by atoms with E-state index in [1.165, 1.54) is 0 Å². The summed E-state index contributed by atoms with van der Waals surface area (Å²) < 4.78 is 0. The monoisotopic (exact) mass is 195 g/mol. The summed E-state index contributed by atoms with van der Waals surface area (Å²) in [6, 6.07) is 1.91. The van der Waals surface area contributed by atoms with Crippen LogP contribution in [-0.4, -0.2) is 17.5 Å². The van der Waals surface area contributed by atoms with Crippen LogP contribution in [0.1, 0.15) is 11.1 Å². The molecule has 14 heavy (non-hydrogen) atoms. The summed E-state index contributed by atoms with van der Waals surface area (Å²) in [6.07, 6.45) is 3.47. The van der Waals surface area contributed by atoms with Gasteiger partial charge < -0.3 is 5.73 Å². The van der Waals surface area contributed by atoms with Crippen molar-refractivity contribution in [1.82, 2.24) is 10.5 Å². The van der Waals surface area contributed by atoms with Crippen molar-refractivity contribution in [2.45, 2.75) is 13.5 Å². The Hall–Kier alpha value is -1.46. The van der Waals surface area contributed by atoms with Gasteiger partial charge in [0.1, 0.15) is 6.61 Å². The highest BCUT2D eigenvalue weighted by molar-refractivity contribution is 5.74. The summed E-state index contributed by atoms with van der Waals surface area (Å²) in [5, 5.41) is 0. The lowest BCUT2D eigenvalue weighted by atomic mass is 10.2. The van der Waals surface area contributed by atoms with Crippen molar-refractivity contribution in [3.05, 3.63) is 29.6 Å². The Labute approximate surface area is 82.2 Å². The standard InChI is InChI=1S/C9H13N3O2/c1-7-2-3-11-4-8(7)5-12-14-6-9(10)13/h2-4,12H,5-6H2,1H3,(H2,10,13). The predicted molar refractivity (Wildman–Crippen MR) is 51.0 cm³/mol. The molecule has 5 heteroatoms. The van der Waals surface area contributed by atoms with Crippen molar-refractivity contribution in [3.63, 3.8) is 0 Å². The lowest BCUT2D eigenvalue weighted by molar-refractivity contribution is -0.125. The zero-order valence-electron chi connectivity index (χ0n) is 7.99. The number of primary amides is 1. The Morgan fingerprint density at radius 3 is 3.14 bits per heavy atom. The fraction of sp³-hybridized carbons (Fsp3) is 0.333. The second kappa shape index (κ2) is 5.31. The van der Waals surface area contributed by atoms with Crippen LogP contribution >= 0.6 is 0 Å². The van der Waals surface area contributed by atoms with Gasteiger partial charge in [0.15, 0.2) is 0 Å². The molecule has 0 saturated carbocycles. The number of hydrogen-bond acceptors (Lipinski definition) is 4. The molecule has 0 aliphatic rings. The summed E-state index contributed by atoms with van der Waals surface area (Å²) in [7, 11) is 0. The highest BCUT2D eigenvalue weighted by atomic mass is 16.6. The molecule has 0 fully saturated rings. The number of pyridine rings is 1. The van der Waals surface area contributed by atoms with Gasteiger partial charge in [0.05, 0.1) is 0 Å². The Morgan fingerprint density at radius 2 is 2.50 bits per heavy atom. The van der Waals surface area contributed by atoms with Crippen molar-refractivity contribution in [1.29, 1.82) is 0 Å². The minimum atomic E-state index is -0.500. The van der Waals surface area contributed by atoms with Crippen LogP contribution in [0, 0.1) is 6.92 Å². The number of nitrogens with one attached hydrogen (secondary N) is 1. The first kappa shape index (κ1) is 10.6. The molecule has 0 bridgehead atoms. The number of aromatic nitrogens is 1. The Kier molecular flexibility index (Phi) is 4.03. The molecular formula is C9H13N3O2. The number of hydroxylamine groups is 1. The van der Waals surface area contributed by atoms with E-state index in [0.29, 0.717) is 6.54 Å². The number of hydrogen-bond donors (Lipinski definition) is 2. The molecule has 1 amide bonds. The number of carbonyl (C=O) groups excluding carboxylic acids is 1. The minimum Gasteiger partial charge on any atom is -0.368 e. The molecule has 0 aliphatic carbocycles. The number of nitrogens with two attached hydrogens (primary N) is 1. The predicted octanol–water partition coefficient (Wildman–Crippen LogP) is -0.103. The molecule has 1 heterocycles. The largest absolute Gasteiger partial charge is 0.368 e. The Morgan fingerprint density at radius 1 is 1.71 bits per heavy atom. The molecule has 0 unspecified atom stereocenters. The maximum atomic E-state index is 10.3. The number of amides is 1. The number of carbonyl (C=O) groups is 1. The Balaban J connectivity index is 2.31. The number of nitrogens with zero attached hydrogens (tertiary/aromatic N) is 1. The summed E-state index contributed by atoms with van der Waals surface area (Å²) >= 11 is 0. The van der Waals surface area contributed by atoms with Gasteiger partial charge in [-0.05, 0) is 24.1 Å². The zero-order chi connectivity index (χ0) is 10.4. The van der Waals surface area contributed by atoms with Crippen LogP contribution in [0.5, 0.6) is 0 Å². The number of rotatable bonds is 5. The molecule has 5 nitrogen and oxygen atoms in total. The maximum absolute atomic E-state index is 10.3. The molecule has 0 saturated heterocycles. The van der Waals surface area contributed by atoms with Gasteiger partial charge in [0.2, 0.25) is 5.91 Å². The second-order valence-electron chi connectivity index (χ2n) is 2.88. The molecule has 1 aromatic heterocycles. The second-order valence-corrected chi connectivity index (χ2v) is 2.88. The first-order valence-corrected chi connectivity index (χ1v) is 4.22. The molecule has 76 valence electrons. The summed E-state index contributed by atoms with van der Waals surface area (Å²) in [5.41, 5.74) is 9.66. The molecule has 3 N–H and O–H groups in total. The summed E-state index contributed by atoms with van der Waals surface area (Å²) in [6.45, 7) is 2.36. The smallest absolute Gasteiger partial charge is 0.245 e. The average Bonchev–Trinajstić information content (AvgIpc) is 2.15. The van der Waals surface area contributed by atoms with Gasteiger partial charge in [-0.25, -0.2) is 0 Å². The summed E-state index contributed by atoms with van der Waals surface area (Å²) in [4.78, 5) is 19.1. The van der Waals surface area contributed by atoms with E-state index in [1.54, 1.807) is 12.4 Å². The fourth-order valence-corrected chi connectivity index (χ4v) is 0.933. The topological polar surface area (TPSA) is 77.2 Å². The third-order valence-electron chi connectivity index (χ3n) is 1.73. The SMILES string of the molecule is Cc1ccncc1CNOCC(N)=O. The van der Waals surface area contributed by atoms with Crippen LogP contribution in [0.4, 0.5) is 0 Å². The molecule has 0 spiro atoms. The van der Waals surface area contributed by atoms with Gasteiger partial charge in [-0.3, -0.25) is 14.6 Å². The number of aryl methyl sites for hydroxylation is 1. The van der Waals surface area contributed by atoms with E-state index >= 15 is 0 Å². The van der Waals surface area contributed by atoms with Gasteiger partial charge in [-0.2, -0.15) is 5.48 Å². The lowest BCUT2D eigenvalue weighted by Gasteiger charge is -2.05. The van der Waals surface area contributed by atoms with Gasteiger partial charge in [0.25, 0.3) is 0 Å². The molecule has 0 aliphatic heterocycles. The van der Waals surface area contributed by atoms with Crippen molar-refractivity contribution in [2.24, 2.45) is 5.73 Å². The summed E-state index contributed by atoms with van der Waals surface area (Å²) in [5.74, 6) is -0.500. The highest BCUT2D eigenvalue weighted by Crippen LogP contribution is 2.03.